The van der Waals surface area contributed by atoms with Crippen LogP contribution >= 0.6 is 0 Å². The summed E-state index contributed by atoms with van der Waals surface area (Å²) in [5.41, 5.74) is 1.17. The Bertz CT molecular complexity index is 1140. The summed E-state index contributed by atoms with van der Waals surface area (Å²) in [6, 6.07) is 18.8. The second-order valence-corrected chi connectivity index (χ2v) is 14.7. The van der Waals surface area contributed by atoms with Crippen LogP contribution in [0.15, 0.2) is 77.7 Å². The first kappa shape index (κ1) is 25.7. The molecule has 0 aliphatic carbocycles. The summed E-state index contributed by atoms with van der Waals surface area (Å²) in [6.45, 7) is 8.24. The first-order chi connectivity index (χ1) is 15.4. The number of hydrogen-bond acceptors (Lipinski definition) is 3. The molecule has 0 heterocycles. The van der Waals surface area contributed by atoms with Crippen LogP contribution in [0, 0.1) is 7.14 Å². The molecule has 8 heteroatoms. The van der Waals surface area contributed by atoms with Gasteiger partial charge in [0.1, 0.15) is 0 Å². The van der Waals surface area contributed by atoms with Crippen LogP contribution in [-0.2, 0) is 18.8 Å². The van der Waals surface area contributed by atoms with Gasteiger partial charge in [0.2, 0.25) is 0 Å². The molecule has 0 atom stereocenters. The molecule has 3 aromatic carbocycles. The van der Waals surface area contributed by atoms with Gasteiger partial charge in [-0.2, -0.15) is 21.6 Å². The molecule has 0 saturated heterocycles. The monoisotopic (exact) mass is 590 g/mol. The van der Waals surface area contributed by atoms with E-state index in [1.54, 1.807) is 0 Å². The van der Waals surface area contributed by atoms with E-state index in [2.05, 4.69) is 27.7 Å². The van der Waals surface area contributed by atoms with Crippen LogP contribution in [0.5, 0.6) is 0 Å². The van der Waals surface area contributed by atoms with Crippen LogP contribution in [0.25, 0.3) is 0 Å². The highest BCUT2D eigenvalue weighted by atomic mass is 127. The van der Waals surface area contributed by atoms with Crippen LogP contribution in [-0.4, -0.2) is 8.42 Å². The lowest BCUT2D eigenvalue weighted by Crippen LogP contribution is -3.85. The minimum Gasteiger partial charge on any atom is -0.190 e. The van der Waals surface area contributed by atoms with Gasteiger partial charge in [-0.15, -0.1) is 0 Å². The molecule has 0 unspecified atom stereocenters. The Kier molecular flexibility index (Phi) is 7.91. The van der Waals surface area contributed by atoms with Crippen LogP contribution in [0.1, 0.15) is 56.2 Å². The van der Waals surface area contributed by atoms with E-state index in [-0.39, 0.29) is 0 Å². The fraction of sp³-hybridized carbons (Fsp3) is 0.280. The first-order valence-electron chi connectivity index (χ1n) is 10.4. The molecule has 0 fully saturated rings. The molecule has 0 amide bonds. The van der Waals surface area contributed by atoms with Crippen molar-refractivity contribution < 1.29 is 44.3 Å². The Labute approximate surface area is 201 Å². The topological polar surface area (TPSA) is 43.4 Å². The van der Waals surface area contributed by atoms with Crippen molar-refractivity contribution in [3.05, 3.63) is 96.6 Å². The molecular weight excluding hydrogens is 564 g/mol. The predicted octanol–water partition coefficient (Wildman–Crippen LogP) is 3.94. The van der Waals surface area contributed by atoms with E-state index < -0.39 is 47.0 Å². The maximum atomic E-state index is 13.1. The zero-order valence-electron chi connectivity index (χ0n) is 18.7. The summed E-state index contributed by atoms with van der Waals surface area (Å²) >= 11 is -3.00. The fourth-order valence-electron chi connectivity index (χ4n) is 3.07. The second-order valence-electron chi connectivity index (χ2n) is 8.20. The van der Waals surface area contributed by atoms with Gasteiger partial charge in [-0.25, -0.2) is 0 Å². The number of benzene rings is 3. The van der Waals surface area contributed by atoms with Crippen molar-refractivity contribution in [1.29, 1.82) is 0 Å². The number of alkyl halides is 3. The molecule has 3 aromatic rings. The molecule has 177 valence electrons. The Morgan fingerprint density at radius 2 is 1.21 bits per heavy atom. The highest BCUT2D eigenvalue weighted by molar-refractivity contribution is 7.86. The molecule has 0 aliphatic rings. The Morgan fingerprint density at radius 1 is 0.758 bits per heavy atom. The van der Waals surface area contributed by atoms with Gasteiger partial charge in [0.25, 0.3) is 0 Å². The van der Waals surface area contributed by atoms with E-state index in [9.17, 15) is 21.6 Å². The lowest BCUT2D eigenvalue weighted by Gasteiger charge is -2.11. The van der Waals surface area contributed by atoms with Crippen molar-refractivity contribution in [3.63, 3.8) is 0 Å². The van der Waals surface area contributed by atoms with E-state index in [1.807, 2.05) is 48.5 Å². The average molecular weight is 590 g/mol. The van der Waals surface area contributed by atoms with Crippen molar-refractivity contribution >= 4 is 10.1 Å². The maximum absolute atomic E-state index is 13.1. The fourth-order valence-corrected chi connectivity index (χ4v) is 10.0. The largest absolute Gasteiger partial charge is 0.416 e. The highest BCUT2D eigenvalue weighted by Crippen LogP contribution is 2.30. The van der Waals surface area contributed by atoms with E-state index in [4.69, 9.17) is 2.51 Å². The van der Waals surface area contributed by atoms with Gasteiger partial charge in [0.15, 0.2) is 7.14 Å². The van der Waals surface area contributed by atoms with Crippen LogP contribution in [0.4, 0.5) is 13.2 Å². The van der Waals surface area contributed by atoms with Gasteiger partial charge in [0.05, 0.1) is 10.5 Å². The molecule has 0 N–H and O–H groups in total. The summed E-state index contributed by atoms with van der Waals surface area (Å²) in [5, 5.41) is 0. The van der Waals surface area contributed by atoms with Crippen molar-refractivity contribution in [2.75, 3.05) is 0 Å². The zero-order chi connectivity index (χ0) is 24.4. The third-order valence-electron chi connectivity index (χ3n) is 5.07. The van der Waals surface area contributed by atoms with E-state index in [0.717, 1.165) is 36.5 Å². The molecule has 0 aromatic heterocycles. The summed E-state index contributed by atoms with van der Waals surface area (Å²) in [4.78, 5) is -0.503. The van der Waals surface area contributed by atoms with Crippen molar-refractivity contribution in [2.24, 2.45) is 0 Å². The van der Waals surface area contributed by atoms with Crippen LogP contribution < -0.4 is 20.2 Å². The van der Waals surface area contributed by atoms with Crippen molar-refractivity contribution in [1.82, 2.24) is 0 Å². The number of rotatable bonds is 7. The summed E-state index contributed by atoms with van der Waals surface area (Å²) < 4.78 is 72.7. The minimum atomic E-state index is -4.65. The van der Waals surface area contributed by atoms with Gasteiger partial charge in [-0.1, -0.05) is 58.0 Å². The Morgan fingerprint density at radius 3 is 1.61 bits per heavy atom. The van der Waals surface area contributed by atoms with Crippen LogP contribution in [0.3, 0.4) is 0 Å². The average Bonchev–Trinajstić information content (AvgIpc) is 2.77. The molecule has 33 heavy (non-hydrogen) atoms. The molecule has 1 radical (unpaired) electrons. The van der Waals surface area contributed by atoms with Crippen LogP contribution in [0.2, 0.25) is 0 Å². The van der Waals surface area contributed by atoms with Gasteiger partial charge in [0, 0.05) is 0 Å². The Hall–Kier alpha value is -1.91. The highest BCUT2D eigenvalue weighted by Gasteiger charge is 2.39. The van der Waals surface area contributed by atoms with Gasteiger partial charge in [-0.3, -0.25) is 0 Å². The minimum absolute atomic E-state index is 0.307. The summed E-state index contributed by atoms with van der Waals surface area (Å²) in [7, 11) is -4.42. The third-order valence-corrected chi connectivity index (χ3v) is 12.4. The zero-order valence-corrected chi connectivity index (χ0v) is 21.7. The predicted molar refractivity (Wildman–Crippen MR) is 118 cm³/mol. The maximum Gasteiger partial charge on any atom is 0.416 e. The molecule has 0 saturated carbocycles. The first-order valence-corrected chi connectivity index (χ1v) is 14.9. The number of hydrogen-bond donors (Lipinski definition) is 0. The van der Waals surface area contributed by atoms with Gasteiger partial charge >= 0.3 is 36.5 Å². The SMILES string of the molecule is CC(C)c1ccc([I+](OS(=O)(=O)c2cccc(C(F)(F)F)c2)c2ccc(C(C)C)cc2)cc1. The van der Waals surface area contributed by atoms with Crippen molar-refractivity contribution in [2.45, 2.75) is 50.6 Å². The molecule has 3 nitrogen and oxygen atoms in total. The second kappa shape index (κ2) is 10.1. The smallest absolute Gasteiger partial charge is 0.190 e. The van der Waals surface area contributed by atoms with E-state index in [1.165, 1.54) is 0 Å². The standard InChI is InChI=1S/C25H26F3IO3S/c1-17(2)19-8-12-22(13-9-19)29(23-14-10-20(11-15-23)18(3)4)32-33(30,31)24-7-5-6-21(16-24)25(26,27)28/h5-18H,1-4H3/q+1. The Balaban J connectivity index is 2.04. The van der Waals surface area contributed by atoms with E-state index >= 15 is 0 Å². The van der Waals surface area contributed by atoms with E-state index in [0.29, 0.717) is 17.9 Å². The lowest BCUT2D eigenvalue weighted by atomic mass is 10.0. The molecular formula is C25H26F3IO3S+. The normalized spacial score (nSPS) is 12.7. The molecule has 0 aliphatic heterocycles. The lowest BCUT2D eigenvalue weighted by molar-refractivity contribution is -1.03. The third kappa shape index (κ3) is 6.36. The molecule has 0 bridgehead atoms. The van der Waals surface area contributed by atoms with Gasteiger partial charge < -0.3 is 0 Å². The summed E-state index contributed by atoms with van der Waals surface area (Å²) in [5.74, 6) is 0.614. The summed E-state index contributed by atoms with van der Waals surface area (Å²) in [6.07, 6.45) is -4.65. The van der Waals surface area contributed by atoms with Crippen molar-refractivity contribution in [3.8, 4) is 0 Å². The van der Waals surface area contributed by atoms with Gasteiger partial charge in [-0.05, 0) is 67.9 Å². The molecule has 0 spiro atoms. The number of halogens is 4. The quantitative estimate of drug-likeness (QED) is 0.392. The molecule has 3 rings (SSSR count).